The Balaban J connectivity index is 2.30. The Morgan fingerprint density at radius 1 is 1.35 bits per heavy atom. The maximum atomic E-state index is 4.46. The number of nitrogens with one attached hydrogen (secondary N) is 1. The highest BCUT2D eigenvalue weighted by atomic mass is 79.9. The molecule has 1 N–H and O–H groups in total. The molecule has 1 heterocycles. The van der Waals surface area contributed by atoms with Crippen LogP contribution in [0.2, 0.25) is 0 Å². The Morgan fingerprint density at radius 3 is 2.76 bits per heavy atom. The molecular weight excluding hydrogens is 346 g/mol. The first-order valence-corrected chi connectivity index (χ1v) is 6.94. The highest BCUT2D eigenvalue weighted by molar-refractivity contribution is 9.11. The van der Waals surface area contributed by atoms with Crippen molar-refractivity contribution >= 4 is 43.5 Å². The summed E-state index contributed by atoms with van der Waals surface area (Å²) in [5.41, 5.74) is 2.02. The molecule has 1 aromatic carbocycles. The third kappa shape index (κ3) is 2.90. The van der Waals surface area contributed by atoms with Crippen molar-refractivity contribution < 1.29 is 0 Å². The molecule has 0 aliphatic carbocycles. The first-order valence-electron chi connectivity index (χ1n) is 5.36. The molecule has 0 aliphatic rings. The van der Waals surface area contributed by atoms with Gasteiger partial charge in [0.15, 0.2) is 0 Å². The molecule has 2 aromatic rings. The average Bonchev–Trinajstić information content (AvgIpc) is 2.63. The first kappa shape index (κ1) is 12.6. The molecule has 0 spiro atoms. The van der Waals surface area contributed by atoms with Gasteiger partial charge in [0.05, 0.1) is 11.4 Å². The minimum Gasteiger partial charge on any atom is -0.325 e. The van der Waals surface area contributed by atoms with E-state index >= 15 is 0 Å². The van der Waals surface area contributed by atoms with Gasteiger partial charge in [-0.15, -0.1) is 0 Å². The smallest absolute Gasteiger partial charge is 0.207 e. The molecule has 0 aliphatic heterocycles. The van der Waals surface area contributed by atoms with Crippen molar-refractivity contribution in [3.8, 4) is 0 Å². The van der Waals surface area contributed by atoms with Crippen LogP contribution in [-0.2, 0) is 6.54 Å². The lowest BCUT2D eigenvalue weighted by Crippen LogP contribution is -2.01. The van der Waals surface area contributed by atoms with Crippen LogP contribution in [0.3, 0.4) is 0 Å². The molecule has 3 nitrogen and oxygen atoms in total. The third-order valence-electron chi connectivity index (χ3n) is 2.42. The summed E-state index contributed by atoms with van der Waals surface area (Å²) in [6, 6.07) is 6.02. The number of aromatic nitrogens is 2. The van der Waals surface area contributed by atoms with Crippen molar-refractivity contribution in [2.75, 3.05) is 5.32 Å². The fourth-order valence-corrected chi connectivity index (χ4v) is 2.75. The SMILES string of the molecule is CCn1cc(C)nc1Nc1ccc(Br)cc1Br. The molecule has 0 fully saturated rings. The summed E-state index contributed by atoms with van der Waals surface area (Å²) in [7, 11) is 0. The lowest BCUT2D eigenvalue weighted by Gasteiger charge is -2.09. The molecule has 0 saturated carbocycles. The molecule has 0 amide bonds. The van der Waals surface area contributed by atoms with Gasteiger partial charge in [-0.05, 0) is 48.0 Å². The standard InChI is InChI=1S/C12H13Br2N3/c1-3-17-7-8(2)15-12(17)16-11-5-4-9(13)6-10(11)14/h4-7H,3H2,1-2H3,(H,15,16). The molecule has 17 heavy (non-hydrogen) atoms. The van der Waals surface area contributed by atoms with Crippen molar-refractivity contribution in [2.24, 2.45) is 0 Å². The molecule has 0 radical (unpaired) electrons. The molecule has 1 aromatic heterocycles. The van der Waals surface area contributed by atoms with E-state index in [1.807, 2.05) is 31.3 Å². The van der Waals surface area contributed by atoms with Crippen LogP contribution in [0.4, 0.5) is 11.6 Å². The Bertz CT molecular complexity index is 535. The normalized spacial score (nSPS) is 10.6. The van der Waals surface area contributed by atoms with E-state index in [4.69, 9.17) is 0 Å². The van der Waals surface area contributed by atoms with Gasteiger partial charge >= 0.3 is 0 Å². The summed E-state index contributed by atoms with van der Waals surface area (Å²) in [5, 5.41) is 3.32. The second-order valence-corrected chi connectivity index (χ2v) is 5.51. The van der Waals surface area contributed by atoms with Gasteiger partial charge in [-0.1, -0.05) is 15.9 Å². The zero-order valence-electron chi connectivity index (χ0n) is 9.67. The maximum absolute atomic E-state index is 4.46. The minimum atomic E-state index is 0.869. The van der Waals surface area contributed by atoms with Gasteiger partial charge in [-0.25, -0.2) is 4.98 Å². The molecule has 0 unspecified atom stereocenters. The van der Waals surface area contributed by atoms with Crippen LogP contribution in [0.5, 0.6) is 0 Å². The number of benzene rings is 1. The van der Waals surface area contributed by atoms with Crippen LogP contribution in [0.15, 0.2) is 33.3 Å². The molecule has 0 saturated heterocycles. The Hall–Kier alpha value is -0.810. The van der Waals surface area contributed by atoms with Crippen molar-refractivity contribution in [1.82, 2.24) is 9.55 Å². The van der Waals surface area contributed by atoms with Gasteiger partial charge in [0.1, 0.15) is 0 Å². The number of rotatable bonds is 3. The Labute approximate surface area is 118 Å². The molecular formula is C12H13Br2N3. The predicted octanol–water partition coefficient (Wildman–Crippen LogP) is 4.48. The number of halogens is 2. The maximum Gasteiger partial charge on any atom is 0.207 e. The minimum absolute atomic E-state index is 0.869. The van der Waals surface area contributed by atoms with Crippen LogP contribution in [-0.4, -0.2) is 9.55 Å². The molecule has 90 valence electrons. The summed E-state index contributed by atoms with van der Waals surface area (Å²) >= 11 is 6.96. The van der Waals surface area contributed by atoms with Crippen LogP contribution >= 0.6 is 31.9 Å². The summed E-state index contributed by atoms with van der Waals surface area (Å²) in [6.45, 7) is 4.99. The van der Waals surface area contributed by atoms with Crippen molar-refractivity contribution in [3.05, 3.63) is 39.0 Å². The third-order valence-corrected chi connectivity index (χ3v) is 3.56. The van der Waals surface area contributed by atoms with Gasteiger partial charge in [0, 0.05) is 21.7 Å². The van der Waals surface area contributed by atoms with E-state index in [0.29, 0.717) is 0 Å². The molecule has 0 atom stereocenters. The summed E-state index contributed by atoms with van der Waals surface area (Å²) in [4.78, 5) is 4.46. The van der Waals surface area contributed by atoms with Crippen molar-refractivity contribution in [2.45, 2.75) is 20.4 Å². The van der Waals surface area contributed by atoms with Gasteiger partial charge in [-0.2, -0.15) is 0 Å². The van der Waals surface area contributed by atoms with Gasteiger partial charge in [0.25, 0.3) is 0 Å². The number of hydrogen-bond acceptors (Lipinski definition) is 2. The van der Waals surface area contributed by atoms with Crippen LogP contribution in [0.25, 0.3) is 0 Å². The second-order valence-electron chi connectivity index (χ2n) is 3.74. The van der Waals surface area contributed by atoms with E-state index in [1.54, 1.807) is 0 Å². The highest BCUT2D eigenvalue weighted by Gasteiger charge is 2.06. The van der Waals surface area contributed by atoms with Crippen LogP contribution in [0, 0.1) is 6.92 Å². The van der Waals surface area contributed by atoms with E-state index in [9.17, 15) is 0 Å². The number of hydrogen-bond donors (Lipinski definition) is 1. The summed E-state index contributed by atoms with van der Waals surface area (Å²) < 4.78 is 4.14. The van der Waals surface area contributed by atoms with E-state index < -0.39 is 0 Å². The molecule has 0 bridgehead atoms. The van der Waals surface area contributed by atoms with E-state index in [0.717, 1.165) is 32.8 Å². The predicted molar refractivity (Wildman–Crippen MR) is 77.8 cm³/mol. The van der Waals surface area contributed by atoms with E-state index in [1.165, 1.54) is 0 Å². The Kier molecular flexibility index (Phi) is 3.89. The first-order chi connectivity index (χ1) is 8.10. The van der Waals surface area contributed by atoms with E-state index in [2.05, 4.69) is 53.7 Å². The number of imidazole rings is 1. The number of anilines is 2. The summed E-state index contributed by atoms with van der Waals surface area (Å²) in [6.07, 6.45) is 2.04. The Morgan fingerprint density at radius 2 is 2.12 bits per heavy atom. The number of nitrogens with zero attached hydrogens (tertiary/aromatic N) is 2. The van der Waals surface area contributed by atoms with Gasteiger partial charge in [-0.3, -0.25) is 0 Å². The summed E-state index contributed by atoms with van der Waals surface area (Å²) in [5.74, 6) is 0.869. The van der Waals surface area contributed by atoms with Crippen LogP contribution < -0.4 is 5.32 Å². The largest absolute Gasteiger partial charge is 0.325 e. The second kappa shape index (κ2) is 5.23. The lowest BCUT2D eigenvalue weighted by molar-refractivity contribution is 0.771. The highest BCUT2D eigenvalue weighted by Crippen LogP contribution is 2.28. The monoisotopic (exact) mass is 357 g/mol. The van der Waals surface area contributed by atoms with Crippen molar-refractivity contribution in [3.63, 3.8) is 0 Å². The van der Waals surface area contributed by atoms with E-state index in [-0.39, 0.29) is 0 Å². The fourth-order valence-electron chi connectivity index (χ4n) is 1.60. The number of aryl methyl sites for hydroxylation is 2. The average molecular weight is 359 g/mol. The van der Waals surface area contributed by atoms with Crippen LogP contribution in [0.1, 0.15) is 12.6 Å². The lowest BCUT2D eigenvalue weighted by atomic mass is 10.3. The molecule has 2 rings (SSSR count). The zero-order valence-corrected chi connectivity index (χ0v) is 12.8. The fraction of sp³-hybridized carbons (Fsp3) is 0.250. The van der Waals surface area contributed by atoms with Crippen molar-refractivity contribution in [1.29, 1.82) is 0 Å². The zero-order chi connectivity index (χ0) is 12.4. The van der Waals surface area contributed by atoms with Gasteiger partial charge in [0.2, 0.25) is 5.95 Å². The topological polar surface area (TPSA) is 29.9 Å². The quantitative estimate of drug-likeness (QED) is 0.876. The van der Waals surface area contributed by atoms with Gasteiger partial charge < -0.3 is 9.88 Å². The molecule has 5 heteroatoms.